The van der Waals surface area contributed by atoms with Crippen molar-refractivity contribution in [3.63, 3.8) is 0 Å². The molecule has 0 spiro atoms. The van der Waals surface area contributed by atoms with E-state index >= 15 is 4.39 Å². The van der Waals surface area contributed by atoms with Crippen molar-refractivity contribution in [1.29, 1.82) is 0 Å². The molecule has 0 radical (unpaired) electrons. The molecule has 0 aliphatic heterocycles. The highest BCUT2D eigenvalue weighted by atomic mass is 35.5. The van der Waals surface area contributed by atoms with Crippen molar-refractivity contribution in [2.24, 2.45) is 11.8 Å². The number of benzene rings is 2. The average Bonchev–Trinajstić information content (AvgIpc) is 3.23. The number of hydrogen-bond donors (Lipinski definition) is 1. The largest absolute Gasteiger partial charge is 0.480 e. The lowest BCUT2D eigenvalue weighted by Gasteiger charge is -2.28. The van der Waals surface area contributed by atoms with Gasteiger partial charge in [0.25, 0.3) is 0 Å². The molecule has 0 bridgehead atoms. The maximum Gasteiger partial charge on any atom is 0.329 e. The molecule has 0 atom stereocenters. The van der Waals surface area contributed by atoms with Gasteiger partial charge in [0.15, 0.2) is 0 Å². The number of carbonyl (C=O) groups is 1. The molecular formula is C28H32ClFN2O3S. The lowest BCUT2D eigenvalue weighted by Crippen LogP contribution is -2.24. The number of carboxylic acid groups (broad SMARTS) is 1. The van der Waals surface area contributed by atoms with Crippen molar-refractivity contribution in [3.05, 3.63) is 65.1 Å². The predicted molar refractivity (Wildman–Crippen MR) is 144 cm³/mol. The summed E-state index contributed by atoms with van der Waals surface area (Å²) in [6.45, 7) is 1.03. The Balaban J connectivity index is 1.64. The number of ether oxygens (including phenoxy) is 1. The second kappa shape index (κ2) is 12.7. The number of rotatable bonds is 11. The van der Waals surface area contributed by atoms with Gasteiger partial charge in [-0.05, 0) is 62.0 Å². The Labute approximate surface area is 221 Å². The lowest BCUT2D eigenvalue weighted by molar-refractivity contribution is -0.142. The SMILES string of the molecule is CSCCc1c(-c2cccc(Cl)c2F)c(-c2ccccc2)nn1C[C@H]1CC[C@@H](COCC(=O)O)CC1. The summed E-state index contributed by atoms with van der Waals surface area (Å²) in [4.78, 5) is 10.7. The van der Waals surface area contributed by atoms with Gasteiger partial charge in [-0.25, -0.2) is 9.18 Å². The zero-order valence-corrected chi connectivity index (χ0v) is 22.0. The second-order valence-corrected chi connectivity index (χ2v) is 10.8. The van der Waals surface area contributed by atoms with Crippen LogP contribution in [0.5, 0.6) is 0 Å². The third-order valence-corrected chi connectivity index (χ3v) is 7.75. The third kappa shape index (κ3) is 6.50. The van der Waals surface area contributed by atoms with E-state index in [9.17, 15) is 4.79 Å². The third-order valence-electron chi connectivity index (χ3n) is 6.85. The molecular weight excluding hydrogens is 499 g/mol. The standard InChI is InChI=1S/C28H32ClFN2O3S/c1-36-15-14-24-26(22-8-5-9-23(29)27(22)30)28(21-6-3-2-4-7-21)31-32(24)16-19-10-12-20(13-11-19)17-35-18-25(33)34/h2-9,19-20H,10-18H2,1H3,(H,33,34)/t19-,20+. The molecule has 1 aliphatic rings. The summed E-state index contributed by atoms with van der Waals surface area (Å²) in [5.74, 6) is 0.409. The van der Waals surface area contributed by atoms with Crippen LogP contribution in [0.1, 0.15) is 31.4 Å². The van der Waals surface area contributed by atoms with E-state index in [2.05, 4.69) is 10.9 Å². The Hall–Kier alpha value is -2.35. The van der Waals surface area contributed by atoms with Gasteiger partial charge >= 0.3 is 5.97 Å². The Morgan fingerprint density at radius 1 is 1.14 bits per heavy atom. The molecule has 1 N–H and O–H groups in total. The van der Waals surface area contributed by atoms with Crippen LogP contribution in [0.3, 0.4) is 0 Å². The Kier molecular flexibility index (Phi) is 9.46. The molecule has 8 heteroatoms. The van der Waals surface area contributed by atoms with Crippen LogP contribution in [0.4, 0.5) is 4.39 Å². The fraction of sp³-hybridized carbons (Fsp3) is 0.429. The first-order chi connectivity index (χ1) is 17.5. The zero-order valence-electron chi connectivity index (χ0n) is 20.5. The van der Waals surface area contributed by atoms with Crippen LogP contribution < -0.4 is 0 Å². The van der Waals surface area contributed by atoms with Gasteiger partial charge in [-0.1, -0.05) is 54.1 Å². The Morgan fingerprint density at radius 2 is 1.86 bits per heavy atom. The van der Waals surface area contributed by atoms with Crippen LogP contribution in [-0.4, -0.2) is 46.1 Å². The molecule has 36 heavy (non-hydrogen) atoms. The van der Waals surface area contributed by atoms with Crippen molar-refractivity contribution < 1.29 is 19.0 Å². The fourth-order valence-corrected chi connectivity index (χ4v) is 5.59. The molecule has 0 unspecified atom stereocenters. The monoisotopic (exact) mass is 530 g/mol. The van der Waals surface area contributed by atoms with Crippen molar-refractivity contribution in [3.8, 4) is 22.4 Å². The van der Waals surface area contributed by atoms with E-state index in [1.54, 1.807) is 30.0 Å². The summed E-state index contributed by atoms with van der Waals surface area (Å²) in [5, 5.41) is 14.0. The van der Waals surface area contributed by atoms with Crippen molar-refractivity contribution >= 4 is 29.3 Å². The molecule has 0 saturated heterocycles. The minimum atomic E-state index is -0.929. The second-order valence-electron chi connectivity index (χ2n) is 9.36. The molecule has 1 aliphatic carbocycles. The van der Waals surface area contributed by atoms with Crippen LogP contribution in [-0.2, 0) is 22.5 Å². The average molecular weight is 531 g/mol. The zero-order chi connectivity index (χ0) is 25.5. The molecule has 1 saturated carbocycles. The maximum atomic E-state index is 15.3. The quantitative estimate of drug-likeness (QED) is 0.294. The Morgan fingerprint density at radius 3 is 2.56 bits per heavy atom. The minimum absolute atomic E-state index is 0.110. The van der Waals surface area contributed by atoms with Crippen molar-refractivity contribution in [2.75, 3.05) is 25.2 Å². The van der Waals surface area contributed by atoms with Crippen molar-refractivity contribution in [2.45, 2.75) is 38.6 Å². The summed E-state index contributed by atoms with van der Waals surface area (Å²) >= 11 is 7.96. The smallest absolute Gasteiger partial charge is 0.329 e. The van der Waals surface area contributed by atoms with Gasteiger partial charge in [-0.3, -0.25) is 4.68 Å². The summed E-state index contributed by atoms with van der Waals surface area (Å²) in [7, 11) is 0. The van der Waals surface area contributed by atoms with E-state index < -0.39 is 11.8 Å². The van der Waals surface area contributed by atoms with Crippen LogP contribution in [0.25, 0.3) is 22.4 Å². The summed E-state index contributed by atoms with van der Waals surface area (Å²) < 4.78 is 22.7. The molecule has 1 fully saturated rings. The number of carboxylic acids is 1. The first-order valence-electron chi connectivity index (χ1n) is 12.4. The van der Waals surface area contributed by atoms with Gasteiger partial charge < -0.3 is 9.84 Å². The highest BCUT2D eigenvalue weighted by Gasteiger charge is 2.27. The summed E-state index contributed by atoms with van der Waals surface area (Å²) in [6, 6.07) is 15.1. The van der Waals surface area contributed by atoms with Gasteiger partial charge in [0, 0.05) is 28.9 Å². The Bertz CT molecular complexity index is 1160. The number of halogens is 2. The fourth-order valence-electron chi connectivity index (χ4n) is 5.02. The van der Waals surface area contributed by atoms with Crippen LogP contribution in [0.2, 0.25) is 5.02 Å². The maximum absolute atomic E-state index is 15.3. The van der Waals surface area contributed by atoms with E-state index in [-0.39, 0.29) is 11.6 Å². The topological polar surface area (TPSA) is 64.4 Å². The van der Waals surface area contributed by atoms with E-state index in [1.165, 1.54) is 0 Å². The highest BCUT2D eigenvalue weighted by molar-refractivity contribution is 7.98. The van der Waals surface area contributed by atoms with Crippen molar-refractivity contribution in [1.82, 2.24) is 9.78 Å². The summed E-state index contributed by atoms with van der Waals surface area (Å²) in [6.07, 6.45) is 6.93. The minimum Gasteiger partial charge on any atom is -0.480 e. The van der Waals surface area contributed by atoms with Gasteiger partial charge in [0.1, 0.15) is 18.1 Å². The van der Waals surface area contributed by atoms with Crippen LogP contribution in [0.15, 0.2) is 48.5 Å². The van der Waals surface area contributed by atoms with Gasteiger partial charge in [0.05, 0.1) is 11.6 Å². The van der Waals surface area contributed by atoms with Gasteiger partial charge in [-0.15, -0.1) is 0 Å². The molecule has 2 aromatic carbocycles. The highest BCUT2D eigenvalue weighted by Crippen LogP contribution is 2.39. The van der Waals surface area contributed by atoms with E-state index in [0.29, 0.717) is 24.0 Å². The molecule has 1 aromatic heterocycles. The van der Waals surface area contributed by atoms with Gasteiger partial charge in [0.2, 0.25) is 0 Å². The first kappa shape index (κ1) is 26.7. The van der Waals surface area contributed by atoms with Gasteiger partial charge in [-0.2, -0.15) is 16.9 Å². The number of aromatic nitrogens is 2. The number of thioether (sulfide) groups is 1. The lowest BCUT2D eigenvalue weighted by atomic mass is 9.82. The molecule has 5 nitrogen and oxygen atoms in total. The van der Waals surface area contributed by atoms with E-state index in [4.69, 9.17) is 26.5 Å². The van der Waals surface area contributed by atoms with E-state index in [1.807, 2.05) is 30.3 Å². The number of nitrogens with zero attached hydrogens (tertiary/aromatic N) is 2. The van der Waals surface area contributed by atoms with Crippen LogP contribution in [0, 0.1) is 17.7 Å². The van der Waals surface area contributed by atoms with E-state index in [0.717, 1.165) is 66.9 Å². The van der Waals surface area contributed by atoms with Crippen LogP contribution >= 0.6 is 23.4 Å². The number of hydrogen-bond acceptors (Lipinski definition) is 4. The number of aliphatic carboxylic acids is 1. The normalized spacial score (nSPS) is 17.9. The molecule has 4 rings (SSSR count). The summed E-state index contributed by atoms with van der Waals surface area (Å²) in [5.41, 5.74) is 4.09. The molecule has 3 aromatic rings. The predicted octanol–water partition coefficient (Wildman–Crippen LogP) is 6.82. The molecule has 0 amide bonds. The molecule has 192 valence electrons. The molecule has 1 heterocycles. The first-order valence-corrected chi connectivity index (χ1v) is 14.1.